The molecule has 7 heteroatoms. The Labute approximate surface area is 125 Å². The van der Waals surface area contributed by atoms with Gasteiger partial charge in [0.1, 0.15) is 4.88 Å². The molecule has 112 valence electrons. The second kappa shape index (κ2) is 5.48. The summed E-state index contributed by atoms with van der Waals surface area (Å²) in [5, 5.41) is 11.9. The lowest BCUT2D eigenvalue weighted by atomic mass is 9.85. The minimum atomic E-state index is -1.01. The molecular formula is C14H16N2O4S. The molecule has 3 heterocycles. The van der Waals surface area contributed by atoms with Crippen molar-refractivity contribution in [2.75, 3.05) is 13.1 Å². The maximum Gasteiger partial charge on any atom is 0.345 e. The highest BCUT2D eigenvalue weighted by molar-refractivity contribution is 7.15. The number of nitrogens with zero attached hydrogens (tertiary/aromatic N) is 1. The van der Waals surface area contributed by atoms with E-state index in [-0.39, 0.29) is 22.7 Å². The number of carboxylic acids is 1. The van der Waals surface area contributed by atoms with Gasteiger partial charge in [-0.15, -0.1) is 11.3 Å². The second-order valence-electron chi connectivity index (χ2n) is 5.48. The third-order valence-electron chi connectivity index (χ3n) is 4.14. The van der Waals surface area contributed by atoms with Gasteiger partial charge in [-0.05, 0) is 30.9 Å². The van der Waals surface area contributed by atoms with Crippen LogP contribution in [-0.4, -0.2) is 46.9 Å². The number of amides is 2. The second-order valence-corrected chi connectivity index (χ2v) is 6.57. The van der Waals surface area contributed by atoms with Crippen LogP contribution >= 0.6 is 11.3 Å². The Kier molecular flexibility index (Phi) is 3.67. The molecule has 2 saturated heterocycles. The maximum absolute atomic E-state index is 12.4. The Morgan fingerprint density at radius 2 is 2.05 bits per heavy atom. The molecule has 3 rings (SSSR count). The van der Waals surface area contributed by atoms with Gasteiger partial charge in [0.05, 0.1) is 4.88 Å². The fourth-order valence-electron chi connectivity index (χ4n) is 3.02. The molecule has 2 aliphatic heterocycles. The van der Waals surface area contributed by atoms with E-state index < -0.39 is 5.97 Å². The van der Waals surface area contributed by atoms with Crippen molar-refractivity contribution in [2.45, 2.75) is 25.3 Å². The van der Waals surface area contributed by atoms with Crippen molar-refractivity contribution in [2.24, 2.45) is 5.92 Å². The van der Waals surface area contributed by atoms with Crippen molar-refractivity contribution < 1.29 is 19.5 Å². The number of aromatic carboxylic acids is 1. The fraction of sp³-hybridized carbons (Fsp3) is 0.500. The molecular weight excluding hydrogens is 292 g/mol. The molecule has 1 aromatic heterocycles. The molecule has 0 bridgehead atoms. The average Bonchev–Trinajstić information content (AvgIpc) is 2.96. The summed E-state index contributed by atoms with van der Waals surface area (Å²) in [5.41, 5.74) is 0. The van der Waals surface area contributed by atoms with Crippen LogP contribution in [0.5, 0.6) is 0 Å². The van der Waals surface area contributed by atoms with Crippen LogP contribution in [0.2, 0.25) is 0 Å². The van der Waals surface area contributed by atoms with Crippen molar-refractivity contribution in [3.8, 4) is 0 Å². The van der Waals surface area contributed by atoms with E-state index in [4.69, 9.17) is 5.11 Å². The SMILES string of the molecule is O=C1CCC2CN(C(=O)c3ccc(C(=O)O)s3)CCC2N1. The third-order valence-corrected chi connectivity index (χ3v) is 5.20. The average molecular weight is 308 g/mol. The predicted molar refractivity (Wildman–Crippen MR) is 76.5 cm³/mol. The standard InChI is InChI=1S/C14H16N2O4S/c17-12-4-1-8-7-16(6-5-9(8)15-12)13(18)10-2-3-11(21-10)14(19)20/h2-3,8-9H,1,4-7H2,(H,15,17)(H,19,20). The maximum atomic E-state index is 12.4. The van der Waals surface area contributed by atoms with Crippen molar-refractivity contribution in [3.05, 3.63) is 21.9 Å². The normalized spacial score (nSPS) is 25.1. The Balaban J connectivity index is 1.68. The first-order valence-electron chi connectivity index (χ1n) is 6.96. The van der Waals surface area contributed by atoms with Gasteiger partial charge in [0, 0.05) is 25.6 Å². The number of hydrogen-bond acceptors (Lipinski definition) is 4. The van der Waals surface area contributed by atoms with Gasteiger partial charge in [-0.3, -0.25) is 9.59 Å². The molecule has 21 heavy (non-hydrogen) atoms. The predicted octanol–water partition coefficient (Wildman–Crippen LogP) is 1.19. The summed E-state index contributed by atoms with van der Waals surface area (Å²) in [7, 11) is 0. The van der Waals surface area contributed by atoms with E-state index in [0.717, 1.165) is 24.2 Å². The number of rotatable bonds is 2. The summed E-state index contributed by atoms with van der Waals surface area (Å²) < 4.78 is 0. The number of carbonyl (C=O) groups is 3. The first kappa shape index (κ1) is 14.1. The molecule has 0 saturated carbocycles. The van der Waals surface area contributed by atoms with Gasteiger partial charge in [0.25, 0.3) is 5.91 Å². The van der Waals surface area contributed by atoms with E-state index >= 15 is 0 Å². The largest absolute Gasteiger partial charge is 0.477 e. The molecule has 2 atom stereocenters. The zero-order valence-corrected chi connectivity index (χ0v) is 12.2. The highest BCUT2D eigenvalue weighted by atomic mass is 32.1. The quantitative estimate of drug-likeness (QED) is 0.859. The molecule has 0 spiro atoms. The van der Waals surface area contributed by atoms with Crippen LogP contribution < -0.4 is 5.32 Å². The number of fused-ring (bicyclic) bond motifs is 1. The van der Waals surface area contributed by atoms with Crippen molar-refractivity contribution in [1.29, 1.82) is 0 Å². The molecule has 0 radical (unpaired) electrons. The van der Waals surface area contributed by atoms with E-state index in [1.165, 1.54) is 6.07 Å². The zero-order chi connectivity index (χ0) is 15.0. The molecule has 2 N–H and O–H groups in total. The lowest BCUT2D eigenvalue weighted by Crippen LogP contribution is -2.55. The van der Waals surface area contributed by atoms with Crippen LogP contribution in [0.15, 0.2) is 12.1 Å². The van der Waals surface area contributed by atoms with Gasteiger partial charge in [-0.1, -0.05) is 0 Å². The number of hydrogen-bond donors (Lipinski definition) is 2. The van der Waals surface area contributed by atoms with Crippen LogP contribution in [0.3, 0.4) is 0 Å². The van der Waals surface area contributed by atoms with Gasteiger partial charge in [0.2, 0.25) is 5.91 Å². The van der Waals surface area contributed by atoms with Crippen molar-refractivity contribution >= 4 is 29.1 Å². The smallest absolute Gasteiger partial charge is 0.345 e. The van der Waals surface area contributed by atoms with E-state index in [1.807, 2.05) is 0 Å². The molecule has 2 fully saturated rings. The van der Waals surface area contributed by atoms with Gasteiger partial charge < -0.3 is 15.3 Å². The van der Waals surface area contributed by atoms with E-state index in [1.54, 1.807) is 11.0 Å². The molecule has 0 aliphatic carbocycles. The monoisotopic (exact) mass is 308 g/mol. The van der Waals surface area contributed by atoms with Crippen LogP contribution in [0.25, 0.3) is 0 Å². The van der Waals surface area contributed by atoms with Gasteiger partial charge in [0.15, 0.2) is 0 Å². The van der Waals surface area contributed by atoms with Crippen molar-refractivity contribution in [1.82, 2.24) is 10.2 Å². The summed E-state index contributed by atoms with van der Waals surface area (Å²) >= 11 is 1.01. The van der Waals surface area contributed by atoms with Gasteiger partial charge in [-0.2, -0.15) is 0 Å². The Morgan fingerprint density at radius 1 is 1.29 bits per heavy atom. The van der Waals surface area contributed by atoms with Crippen LogP contribution in [0.1, 0.15) is 38.6 Å². The van der Waals surface area contributed by atoms with Gasteiger partial charge in [-0.25, -0.2) is 4.79 Å². The third kappa shape index (κ3) is 2.78. The lowest BCUT2D eigenvalue weighted by Gasteiger charge is -2.41. The van der Waals surface area contributed by atoms with E-state index in [9.17, 15) is 14.4 Å². The van der Waals surface area contributed by atoms with Crippen LogP contribution in [-0.2, 0) is 4.79 Å². The minimum absolute atomic E-state index is 0.0976. The summed E-state index contributed by atoms with van der Waals surface area (Å²) in [6.07, 6.45) is 2.09. The van der Waals surface area contributed by atoms with Crippen molar-refractivity contribution in [3.63, 3.8) is 0 Å². The number of thiophene rings is 1. The first-order valence-corrected chi connectivity index (χ1v) is 7.78. The Morgan fingerprint density at radius 3 is 2.76 bits per heavy atom. The summed E-state index contributed by atoms with van der Waals surface area (Å²) in [5.74, 6) is -0.713. The Bertz CT molecular complexity index is 598. The Hall–Kier alpha value is -1.89. The number of likely N-dealkylation sites (tertiary alicyclic amines) is 1. The zero-order valence-electron chi connectivity index (χ0n) is 11.4. The van der Waals surface area contributed by atoms with Crippen LogP contribution in [0.4, 0.5) is 0 Å². The summed E-state index contributed by atoms with van der Waals surface area (Å²) in [6.45, 7) is 1.23. The number of nitrogens with one attached hydrogen (secondary N) is 1. The summed E-state index contributed by atoms with van der Waals surface area (Å²) in [6, 6.07) is 3.21. The number of piperidine rings is 2. The molecule has 0 aromatic carbocycles. The van der Waals surface area contributed by atoms with E-state index in [2.05, 4.69) is 5.32 Å². The van der Waals surface area contributed by atoms with Gasteiger partial charge >= 0.3 is 5.97 Å². The van der Waals surface area contributed by atoms with Crippen LogP contribution in [0, 0.1) is 5.92 Å². The fourth-order valence-corrected chi connectivity index (χ4v) is 3.83. The summed E-state index contributed by atoms with van der Waals surface area (Å²) in [4.78, 5) is 37.1. The number of carboxylic acid groups (broad SMARTS) is 1. The topological polar surface area (TPSA) is 86.7 Å². The molecule has 2 amide bonds. The molecule has 2 aliphatic rings. The first-order chi connectivity index (χ1) is 10.0. The highest BCUT2D eigenvalue weighted by Gasteiger charge is 2.35. The number of carbonyl (C=O) groups excluding carboxylic acids is 2. The lowest BCUT2D eigenvalue weighted by molar-refractivity contribution is -0.125. The highest BCUT2D eigenvalue weighted by Crippen LogP contribution is 2.27. The molecule has 2 unspecified atom stereocenters. The molecule has 6 nitrogen and oxygen atoms in total. The minimum Gasteiger partial charge on any atom is -0.477 e. The molecule has 1 aromatic rings. The van der Waals surface area contributed by atoms with E-state index in [0.29, 0.717) is 30.3 Å².